The predicted octanol–water partition coefficient (Wildman–Crippen LogP) is 8.15. The lowest BCUT2D eigenvalue weighted by Gasteiger charge is -2.45. The average molecular weight is 835 g/mol. The molecule has 1 fully saturated rings. The van der Waals surface area contributed by atoms with Crippen molar-refractivity contribution < 1.29 is 47.1 Å². The Balaban J connectivity index is 1.60. The van der Waals surface area contributed by atoms with Gasteiger partial charge in [0, 0.05) is 21.3 Å². The highest BCUT2D eigenvalue weighted by Gasteiger charge is 2.53. The Bertz CT molecular complexity index is 1850. The maximum Gasteiger partial charge on any atom is 0.342 e. The fraction of sp³-hybridized carbons (Fsp3) is 0.500. The van der Waals surface area contributed by atoms with Gasteiger partial charge >= 0.3 is 5.97 Å². The van der Waals surface area contributed by atoms with Crippen molar-refractivity contribution in [1.82, 2.24) is 0 Å². The summed E-state index contributed by atoms with van der Waals surface area (Å²) in [4.78, 5) is 13.5. The fourth-order valence-corrected chi connectivity index (χ4v) is 12.4. The predicted molar refractivity (Wildman–Crippen MR) is 233 cm³/mol. The largest absolute Gasteiger partial charge is 0.497 e. The lowest BCUT2D eigenvalue weighted by atomic mass is 10.00. The second kappa shape index (κ2) is 19.5. The molecule has 0 radical (unpaired) electrons. The molecule has 4 rings (SSSR count). The van der Waals surface area contributed by atoms with Gasteiger partial charge in [0.2, 0.25) is 0 Å². The standard InChI is InChI=1S/C46H63FO9Si2/c1-33(56-58(44(2,3)4,36-21-15-13-16-22-36)37-23-17-14-18-24-37)46(7,47)27-26-38(48)42-39(54-45(5,6)55-42)25-19-20-34-30-35(51-9)31-40(53-32-50-8)41(34)43(49)52-28-29-57(10,11)12/h13-24,30-31,33,38-39,42,48H,25,28-29,32H2,1-12H3/t33?,38?,39-,42?,46?/m0/s1. The van der Waals surface area contributed by atoms with E-state index in [4.69, 9.17) is 32.8 Å². The molecular formula is C46H63FO9Si2. The van der Waals surface area contributed by atoms with E-state index in [1.165, 1.54) is 21.1 Å². The van der Waals surface area contributed by atoms with Gasteiger partial charge in [-0.05, 0) is 67.2 Å². The normalized spacial score (nSPS) is 19.1. The number of rotatable bonds is 17. The van der Waals surface area contributed by atoms with Crippen LogP contribution in [0.2, 0.25) is 30.7 Å². The Morgan fingerprint density at radius 1 is 0.983 bits per heavy atom. The van der Waals surface area contributed by atoms with E-state index in [-0.39, 0.29) is 29.6 Å². The summed E-state index contributed by atoms with van der Waals surface area (Å²) in [6.07, 6.45) is -0.0896. The zero-order chi connectivity index (χ0) is 42.9. The van der Waals surface area contributed by atoms with Gasteiger partial charge in [-0.2, -0.15) is 0 Å². The van der Waals surface area contributed by atoms with Crippen molar-refractivity contribution in [2.75, 3.05) is 27.6 Å². The third-order valence-electron chi connectivity index (χ3n) is 10.2. The highest BCUT2D eigenvalue weighted by molar-refractivity contribution is 6.99. The Hall–Kier alpha value is -3.81. The van der Waals surface area contributed by atoms with Crippen LogP contribution in [0.1, 0.15) is 70.8 Å². The molecule has 1 aliphatic rings. The molecule has 0 aromatic heterocycles. The van der Waals surface area contributed by atoms with Gasteiger partial charge in [-0.15, -0.1) is 0 Å². The second-order valence-corrected chi connectivity index (χ2v) is 27.5. The summed E-state index contributed by atoms with van der Waals surface area (Å²) < 4.78 is 58.3. The molecule has 5 atom stereocenters. The van der Waals surface area contributed by atoms with Crippen LogP contribution in [0.4, 0.5) is 4.39 Å². The number of alkyl halides is 1. The van der Waals surface area contributed by atoms with E-state index in [2.05, 4.69) is 76.5 Å². The smallest absolute Gasteiger partial charge is 0.342 e. The van der Waals surface area contributed by atoms with Crippen molar-refractivity contribution in [3.8, 4) is 23.3 Å². The molecule has 0 spiro atoms. The maximum absolute atomic E-state index is 16.8. The van der Waals surface area contributed by atoms with Crippen molar-refractivity contribution in [3.63, 3.8) is 0 Å². The molecule has 0 bridgehead atoms. The highest BCUT2D eigenvalue weighted by atomic mass is 28.4. The number of hydrogen-bond acceptors (Lipinski definition) is 9. The van der Waals surface area contributed by atoms with Crippen LogP contribution in [0.3, 0.4) is 0 Å². The molecule has 1 saturated heterocycles. The van der Waals surface area contributed by atoms with Crippen LogP contribution in [0, 0.1) is 11.8 Å². The van der Waals surface area contributed by atoms with Crippen LogP contribution >= 0.6 is 0 Å². The summed E-state index contributed by atoms with van der Waals surface area (Å²) in [6, 6.07) is 24.2. The Morgan fingerprint density at radius 3 is 2.12 bits per heavy atom. The van der Waals surface area contributed by atoms with Gasteiger partial charge < -0.3 is 38.0 Å². The molecule has 3 aromatic carbocycles. The Morgan fingerprint density at radius 2 is 1.59 bits per heavy atom. The number of carbonyl (C=O) groups excluding carboxylic acids is 1. The molecule has 1 aliphatic heterocycles. The molecule has 1 N–H and O–H groups in total. The average Bonchev–Trinajstić information content (AvgIpc) is 3.48. The van der Waals surface area contributed by atoms with Gasteiger partial charge in [0.05, 0.1) is 25.9 Å². The van der Waals surface area contributed by atoms with E-state index in [1.54, 1.807) is 39.0 Å². The lowest BCUT2D eigenvalue weighted by Crippen LogP contribution is -2.68. The topological polar surface area (TPSA) is 102 Å². The number of esters is 1. The quantitative estimate of drug-likeness (QED) is 0.0625. The van der Waals surface area contributed by atoms with Crippen LogP contribution in [-0.4, -0.2) is 91.0 Å². The number of aliphatic hydroxyl groups is 1. The van der Waals surface area contributed by atoms with E-state index in [1.807, 2.05) is 42.5 Å². The first-order valence-corrected chi connectivity index (χ1v) is 25.5. The molecule has 0 amide bonds. The van der Waals surface area contributed by atoms with E-state index in [0.29, 0.717) is 17.9 Å². The highest BCUT2D eigenvalue weighted by Crippen LogP contribution is 2.39. The SMILES string of the molecule is COCOc1cc(OC)cc(C=CC[C@@H]2OC(C)(C)OC2C(O)C#CC(C)(F)C(C)O[Si](c2ccccc2)(c2ccccc2)C(C)(C)C)c1C(=O)OCC[Si](C)(C)C. The molecule has 0 aliphatic carbocycles. The first kappa shape index (κ1) is 46.9. The van der Waals surface area contributed by atoms with Crippen molar-refractivity contribution in [2.45, 2.75) is 121 Å². The third-order valence-corrected chi connectivity index (χ3v) is 17.0. The summed E-state index contributed by atoms with van der Waals surface area (Å²) in [6.45, 7) is 19.8. The van der Waals surface area contributed by atoms with Gasteiger partial charge in [-0.3, -0.25) is 0 Å². The summed E-state index contributed by atoms with van der Waals surface area (Å²) >= 11 is 0. The summed E-state index contributed by atoms with van der Waals surface area (Å²) in [7, 11) is -1.53. The molecule has 3 aromatic rings. The van der Waals surface area contributed by atoms with Gasteiger partial charge in [0.25, 0.3) is 8.32 Å². The number of halogens is 1. The van der Waals surface area contributed by atoms with Gasteiger partial charge in [0.1, 0.15) is 29.3 Å². The van der Waals surface area contributed by atoms with E-state index in [0.717, 1.165) is 16.4 Å². The van der Waals surface area contributed by atoms with Crippen molar-refractivity contribution in [2.24, 2.45) is 0 Å². The fourth-order valence-electron chi connectivity index (χ4n) is 6.94. The second-order valence-electron chi connectivity index (χ2n) is 17.6. The molecule has 4 unspecified atom stereocenters. The van der Waals surface area contributed by atoms with Gasteiger partial charge in [0.15, 0.2) is 18.2 Å². The van der Waals surface area contributed by atoms with Crippen molar-refractivity contribution in [3.05, 3.63) is 90.0 Å². The minimum Gasteiger partial charge on any atom is -0.497 e. The van der Waals surface area contributed by atoms with Crippen LogP contribution in [0.25, 0.3) is 6.08 Å². The van der Waals surface area contributed by atoms with Crippen LogP contribution in [0.15, 0.2) is 78.9 Å². The maximum atomic E-state index is 16.8. The zero-order valence-electron chi connectivity index (χ0n) is 36.3. The monoisotopic (exact) mass is 834 g/mol. The van der Waals surface area contributed by atoms with Gasteiger partial charge in [-0.1, -0.05) is 125 Å². The number of carbonyl (C=O) groups is 1. The van der Waals surface area contributed by atoms with E-state index >= 15 is 4.39 Å². The molecule has 58 heavy (non-hydrogen) atoms. The first-order valence-electron chi connectivity index (χ1n) is 19.9. The summed E-state index contributed by atoms with van der Waals surface area (Å²) in [5.41, 5.74) is -1.41. The molecule has 1 heterocycles. The summed E-state index contributed by atoms with van der Waals surface area (Å²) in [5.74, 6) is 4.62. The number of benzene rings is 3. The third kappa shape index (κ3) is 11.9. The minimum atomic E-state index is -3.09. The van der Waals surface area contributed by atoms with Crippen LogP contribution < -0.4 is 19.8 Å². The van der Waals surface area contributed by atoms with Crippen LogP contribution in [0.5, 0.6) is 11.5 Å². The van der Waals surface area contributed by atoms with E-state index < -0.39 is 58.2 Å². The Kier molecular flexibility index (Phi) is 15.8. The lowest BCUT2D eigenvalue weighted by molar-refractivity contribution is -0.151. The first-order chi connectivity index (χ1) is 27.1. The zero-order valence-corrected chi connectivity index (χ0v) is 38.3. The van der Waals surface area contributed by atoms with Crippen LogP contribution in [-0.2, 0) is 23.4 Å². The summed E-state index contributed by atoms with van der Waals surface area (Å²) in [5, 5.41) is 13.2. The Labute approximate surface area is 347 Å². The molecular weight excluding hydrogens is 772 g/mol. The number of ether oxygens (including phenoxy) is 6. The van der Waals surface area contributed by atoms with E-state index in [9.17, 15) is 9.90 Å². The number of methoxy groups -OCH3 is 2. The molecule has 12 heteroatoms. The minimum absolute atomic E-state index is 0.0866. The molecule has 9 nitrogen and oxygen atoms in total. The van der Waals surface area contributed by atoms with Crippen molar-refractivity contribution in [1.29, 1.82) is 0 Å². The molecule has 316 valence electrons. The molecule has 0 saturated carbocycles. The van der Waals surface area contributed by atoms with Crippen molar-refractivity contribution >= 4 is 38.8 Å². The number of hydrogen-bond donors (Lipinski definition) is 1. The number of aliphatic hydroxyl groups excluding tert-OH is 1. The van der Waals surface area contributed by atoms with Gasteiger partial charge in [-0.25, -0.2) is 9.18 Å².